The Kier molecular flexibility index (Phi) is 5.11. The van der Waals surface area contributed by atoms with E-state index in [9.17, 15) is 9.59 Å². The van der Waals surface area contributed by atoms with Crippen molar-refractivity contribution in [2.45, 2.75) is 6.92 Å². The first-order valence-corrected chi connectivity index (χ1v) is 7.11. The second-order valence-corrected chi connectivity index (χ2v) is 5.16. The van der Waals surface area contributed by atoms with Crippen molar-refractivity contribution in [2.75, 3.05) is 38.5 Å². The topological polar surface area (TPSA) is 52.7 Å². The zero-order chi connectivity index (χ0) is 15.2. The lowest BCUT2D eigenvalue weighted by atomic mass is 10.1. The van der Waals surface area contributed by atoms with Crippen molar-refractivity contribution in [2.24, 2.45) is 0 Å². The Morgan fingerprint density at radius 2 is 1.71 bits per heavy atom. The fraction of sp³-hybridized carbons (Fsp3) is 0.375. The minimum Gasteiger partial charge on any atom is -0.336 e. The average molecular weight is 287 g/mol. The molecule has 21 heavy (non-hydrogen) atoms. The van der Waals surface area contributed by atoms with E-state index in [4.69, 9.17) is 0 Å². The molecule has 0 radical (unpaired) electrons. The lowest BCUT2D eigenvalue weighted by Crippen LogP contribution is -2.47. The van der Waals surface area contributed by atoms with Gasteiger partial charge in [-0.2, -0.15) is 0 Å². The van der Waals surface area contributed by atoms with Gasteiger partial charge in [0.15, 0.2) is 0 Å². The lowest BCUT2D eigenvalue weighted by molar-refractivity contribution is -0.111. The van der Waals surface area contributed by atoms with E-state index in [1.165, 1.54) is 6.08 Å². The van der Waals surface area contributed by atoms with Gasteiger partial charge in [-0.3, -0.25) is 9.59 Å². The summed E-state index contributed by atoms with van der Waals surface area (Å²) in [6.45, 7) is 5.12. The van der Waals surface area contributed by atoms with Crippen LogP contribution in [-0.4, -0.2) is 54.8 Å². The maximum absolute atomic E-state index is 12.4. The number of piperazine rings is 1. The summed E-state index contributed by atoms with van der Waals surface area (Å²) in [4.78, 5) is 27.9. The van der Waals surface area contributed by atoms with Crippen LogP contribution in [0, 0.1) is 0 Å². The summed E-state index contributed by atoms with van der Waals surface area (Å²) in [5.74, 6) is -0.120. The Morgan fingerprint density at radius 3 is 2.29 bits per heavy atom. The predicted molar refractivity (Wildman–Crippen MR) is 83.3 cm³/mol. The quantitative estimate of drug-likeness (QED) is 0.859. The normalized spacial score (nSPS) is 16.2. The molecule has 1 saturated heterocycles. The maximum Gasteiger partial charge on any atom is 0.253 e. The fourth-order valence-corrected chi connectivity index (χ4v) is 2.22. The van der Waals surface area contributed by atoms with Crippen molar-refractivity contribution in [1.29, 1.82) is 0 Å². The van der Waals surface area contributed by atoms with E-state index < -0.39 is 0 Å². The molecule has 112 valence electrons. The van der Waals surface area contributed by atoms with Crippen LogP contribution in [0.1, 0.15) is 17.3 Å². The summed E-state index contributed by atoms with van der Waals surface area (Å²) in [7, 11) is 2.06. The van der Waals surface area contributed by atoms with Gasteiger partial charge >= 0.3 is 0 Å². The van der Waals surface area contributed by atoms with Crippen LogP contribution in [0.5, 0.6) is 0 Å². The number of likely N-dealkylation sites (N-methyl/N-ethyl adjacent to an activating group) is 1. The van der Waals surface area contributed by atoms with Gasteiger partial charge in [0.2, 0.25) is 5.91 Å². The third-order valence-corrected chi connectivity index (χ3v) is 3.51. The number of rotatable bonds is 3. The monoisotopic (exact) mass is 287 g/mol. The Balaban J connectivity index is 1.98. The van der Waals surface area contributed by atoms with Crippen LogP contribution in [0.2, 0.25) is 0 Å². The Hall–Kier alpha value is -2.14. The summed E-state index contributed by atoms with van der Waals surface area (Å²) in [6.07, 6.45) is 3.14. The second kappa shape index (κ2) is 7.04. The molecule has 0 atom stereocenters. The molecule has 1 fully saturated rings. The third kappa shape index (κ3) is 4.16. The molecular formula is C16H21N3O2. The summed E-state index contributed by atoms with van der Waals surface area (Å²) < 4.78 is 0. The number of amides is 2. The summed E-state index contributed by atoms with van der Waals surface area (Å²) in [5, 5.41) is 2.74. The molecule has 1 aromatic rings. The molecular weight excluding hydrogens is 266 g/mol. The number of nitrogens with one attached hydrogen (secondary N) is 1. The molecule has 1 aliphatic heterocycles. The molecule has 1 heterocycles. The largest absolute Gasteiger partial charge is 0.336 e. The number of allylic oxidation sites excluding steroid dienone is 1. The van der Waals surface area contributed by atoms with E-state index in [0.717, 1.165) is 26.2 Å². The fourth-order valence-electron chi connectivity index (χ4n) is 2.22. The van der Waals surface area contributed by atoms with Gasteiger partial charge in [-0.1, -0.05) is 6.08 Å². The number of hydrogen-bond donors (Lipinski definition) is 1. The number of nitrogens with zero attached hydrogens (tertiary/aromatic N) is 2. The molecule has 1 aromatic carbocycles. The third-order valence-electron chi connectivity index (χ3n) is 3.51. The van der Waals surface area contributed by atoms with Crippen LogP contribution in [0.4, 0.5) is 5.69 Å². The molecule has 1 N–H and O–H groups in total. The highest BCUT2D eigenvalue weighted by Gasteiger charge is 2.20. The summed E-state index contributed by atoms with van der Waals surface area (Å²) in [5.41, 5.74) is 1.34. The van der Waals surface area contributed by atoms with Crippen molar-refractivity contribution in [3.05, 3.63) is 42.0 Å². The molecule has 2 amide bonds. The number of anilines is 1. The first-order valence-electron chi connectivity index (χ1n) is 7.11. The van der Waals surface area contributed by atoms with Crippen molar-refractivity contribution in [3.63, 3.8) is 0 Å². The molecule has 0 aromatic heterocycles. The van der Waals surface area contributed by atoms with Gasteiger partial charge in [0.05, 0.1) is 0 Å². The van der Waals surface area contributed by atoms with Crippen LogP contribution in [0.15, 0.2) is 36.4 Å². The molecule has 0 saturated carbocycles. The van der Waals surface area contributed by atoms with Crippen LogP contribution >= 0.6 is 0 Å². The van der Waals surface area contributed by atoms with Crippen LogP contribution in [-0.2, 0) is 4.79 Å². The molecule has 0 spiro atoms. The Bertz CT molecular complexity index is 529. The smallest absolute Gasteiger partial charge is 0.253 e. The van der Waals surface area contributed by atoms with E-state index in [1.807, 2.05) is 4.90 Å². The van der Waals surface area contributed by atoms with Gasteiger partial charge < -0.3 is 15.1 Å². The van der Waals surface area contributed by atoms with Crippen LogP contribution < -0.4 is 5.32 Å². The van der Waals surface area contributed by atoms with Crippen molar-refractivity contribution >= 4 is 17.5 Å². The zero-order valence-corrected chi connectivity index (χ0v) is 12.5. The predicted octanol–water partition coefficient (Wildman–Crippen LogP) is 1.59. The highest BCUT2D eigenvalue weighted by molar-refractivity contribution is 6.00. The first kappa shape index (κ1) is 15.3. The highest BCUT2D eigenvalue weighted by Crippen LogP contribution is 2.13. The van der Waals surface area contributed by atoms with Crippen LogP contribution in [0.3, 0.4) is 0 Å². The van der Waals surface area contributed by atoms with E-state index in [1.54, 1.807) is 37.3 Å². The van der Waals surface area contributed by atoms with E-state index in [-0.39, 0.29) is 11.8 Å². The molecule has 0 aliphatic carbocycles. The first-order chi connectivity index (χ1) is 10.1. The van der Waals surface area contributed by atoms with Crippen molar-refractivity contribution < 1.29 is 9.59 Å². The van der Waals surface area contributed by atoms with Crippen LogP contribution in [0.25, 0.3) is 0 Å². The molecule has 5 nitrogen and oxygen atoms in total. The maximum atomic E-state index is 12.4. The number of carbonyl (C=O) groups is 2. The van der Waals surface area contributed by atoms with Gasteiger partial charge in [0.1, 0.15) is 0 Å². The molecule has 1 aliphatic rings. The van der Waals surface area contributed by atoms with Gasteiger partial charge in [-0.25, -0.2) is 0 Å². The van der Waals surface area contributed by atoms with Gasteiger partial charge in [0.25, 0.3) is 5.91 Å². The minimum absolute atomic E-state index is 0.0504. The van der Waals surface area contributed by atoms with Gasteiger partial charge in [0, 0.05) is 37.4 Å². The molecule has 0 bridgehead atoms. The Labute approximate surface area is 125 Å². The van der Waals surface area contributed by atoms with Gasteiger partial charge in [-0.15, -0.1) is 0 Å². The highest BCUT2D eigenvalue weighted by atomic mass is 16.2. The van der Waals surface area contributed by atoms with E-state index >= 15 is 0 Å². The standard InChI is InChI=1S/C16H21N3O2/c1-3-4-15(20)17-14-7-5-13(6-8-14)16(21)19-11-9-18(2)10-12-19/h3-8H,9-12H2,1-2H3,(H,17,20)/b4-3+. The number of benzene rings is 1. The lowest BCUT2D eigenvalue weighted by Gasteiger charge is -2.32. The molecule has 5 heteroatoms. The Morgan fingerprint density at radius 1 is 1.10 bits per heavy atom. The van der Waals surface area contributed by atoms with E-state index in [2.05, 4.69) is 17.3 Å². The average Bonchev–Trinajstić information content (AvgIpc) is 2.48. The van der Waals surface area contributed by atoms with E-state index in [0.29, 0.717) is 11.3 Å². The van der Waals surface area contributed by atoms with Gasteiger partial charge in [-0.05, 0) is 44.3 Å². The zero-order valence-electron chi connectivity index (χ0n) is 12.5. The summed E-state index contributed by atoms with van der Waals surface area (Å²) >= 11 is 0. The SMILES string of the molecule is C/C=C/C(=O)Nc1ccc(C(=O)N2CCN(C)CC2)cc1. The number of hydrogen-bond acceptors (Lipinski definition) is 3. The van der Waals surface area contributed by atoms with Crippen molar-refractivity contribution in [3.8, 4) is 0 Å². The molecule has 0 unspecified atom stereocenters. The summed E-state index contributed by atoms with van der Waals surface area (Å²) in [6, 6.07) is 7.02. The minimum atomic E-state index is -0.171. The second-order valence-electron chi connectivity index (χ2n) is 5.16. The number of carbonyl (C=O) groups excluding carboxylic acids is 2. The van der Waals surface area contributed by atoms with Crippen molar-refractivity contribution in [1.82, 2.24) is 9.80 Å². The molecule has 2 rings (SSSR count).